The minimum absolute atomic E-state index is 0.210. The minimum Gasteiger partial charge on any atom is -0.455 e. The highest BCUT2D eigenvalue weighted by Crippen LogP contribution is 2.29. The van der Waals surface area contributed by atoms with E-state index in [-0.39, 0.29) is 5.91 Å². The minimum atomic E-state index is -0.210. The van der Waals surface area contributed by atoms with Crippen molar-refractivity contribution in [1.82, 2.24) is 10.3 Å². The molecule has 0 radical (unpaired) electrons. The van der Waals surface area contributed by atoms with Crippen molar-refractivity contribution < 1.29 is 9.21 Å². The lowest BCUT2D eigenvalue weighted by Crippen LogP contribution is -2.17. The van der Waals surface area contributed by atoms with E-state index >= 15 is 0 Å². The Labute approximate surface area is 153 Å². The van der Waals surface area contributed by atoms with Crippen molar-refractivity contribution in [2.24, 2.45) is 0 Å². The van der Waals surface area contributed by atoms with Gasteiger partial charge >= 0.3 is 0 Å². The van der Waals surface area contributed by atoms with Crippen molar-refractivity contribution >= 4 is 51.3 Å². The SMILES string of the molecule is O=C1NC(=S)SC1=Cc1cc2cncc(C#Cc3ccccc3)c2o1. The molecule has 0 atom stereocenters. The highest BCUT2D eigenvalue weighted by molar-refractivity contribution is 8.26. The second-order valence-electron chi connectivity index (χ2n) is 5.22. The number of furan rings is 1. The Morgan fingerprint density at radius 2 is 2.04 bits per heavy atom. The molecule has 1 amide bonds. The molecule has 1 aromatic carbocycles. The molecule has 1 saturated heterocycles. The van der Waals surface area contributed by atoms with Crippen LogP contribution in [0.4, 0.5) is 0 Å². The van der Waals surface area contributed by atoms with Crippen LogP contribution in [0.15, 0.2) is 58.1 Å². The van der Waals surface area contributed by atoms with Crippen molar-refractivity contribution in [2.45, 2.75) is 0 Å². The van der Waals surface area contributed by atoms with E-state index in [0.29, 0.717) is 26.1 Å². The van der Waals surface area contributed by atoms with E-state index in [1.165, 1.54) is 11.8 Å². The number of pyridine rings is 1. The summed E-state index contributed by atoms with van der Waals surface area (Å²) in [5.41, 5.74) is 2.27. The van der Waals surface area contributed by atoms with Gasteiger partial charge in [0.2, 0.25) is 0 Å². The largest absolute Gasteiger partial charge is 0.455 e. The van der Waals surface area contributed by atoms with Crippen LogP contribution in [0.1, 0.15) is 16.9 Å². The first-order valence-electron chi connectivity index (χ1n) is 7.38. The second kappa shape index (κ2) is 6.55. The lowest BCUT2D eigenvalue weighted by molar-refractivity contribution is -0.115. The molecule has 120 valence electrons. The molecule has 0 bridgehead atoms. The standard InChI is InChI=1S/C19H10N2O2S2/c22-18-16(25-19(24)21-18)9-15-8-14-11-20-10-13(17(14)23-15)7-6-12-4-2-1-3-5-12/h1-5,8-11H,(H,21,22,24). The number of carbonyl (C=O) groups excluding carboxylic acids is 1. The fraction of sp³-hybridized carbons (Fsp3) is 0. The van der Waals surface area contributed by atoms with Gasteiger partial charge in [-0.15, -0.1) is 0 Å². The molecule has 1 aliphatic rings. The van der Waals surface area contributed by atoms with E-state index in [9.17, 15) is 4.79 Å². The van der Waals surface area contributed by atoms with Gasteiger partial charge in [0, 0.05) is 29.4 Å². The Morgan fingerprint density at radius 1 is 1.20 bits per heavy atom. The topological polar surface area (TPSA) is 55.1 Å². The summed E-state index contributed by atoms with van der Waals surface area (Å²) in [6.45, 7) is 0. The van der Waals surface area contributed by atoms with E-state index in [1.54, 1.807) is 18.5 Å². The molecule has 0 unspecified atom stereocenters. The van der Waals surface area contributed by atoms with Crippen LogP contribution in [0.2, 0.25) is 0 Å². The Balaban J connectivity index is 1.72. The molecule has 4 rings (SSSR count). The summed E-state index contributed by atoms with van der Waals surface area (Å²) in [5.74, 6) is 6.54. The van der Waals surface area contributed by atoms with Crippen molar-refractivity contribution in [1.29, 1.82) is 0 Å². The first kappa shape index (κ1) is 15.6. The van der Waals surface area contributed by atoms with E-state index < -0.39 is 0 Å². The summed E-state index contributed by atoms with van der Waals surface area (Å²) in [7, 11) is 0. The molecule has 3 heterocycles. The quantitative estimate of drug-likeness (QED) is 0.406. The van der Waals surface area contributed by atoms with E-state index in [1.807, 2.05) is 36.4 Å². The van der Waals surface area contributed by atoms with Gasteiger partial charge in [-0.05, 0) is 18.2 Å². The average molecular weight is 362 g/mol. The highest BCUT2D eigenvalue weighted by Gasteiger charge is 2.22. The monoisotopic (exact) mass is 362 g/mol. The number of fused-ring (bicyclic) bond motifs is 1. The molecule has 1 N–H and O–H groups in total. The van der Waals surface area contributed by atoms with E-state index in [2.05, 4.69) is 22.1 Å². The number of benzene rings is 1. The first-order chi connectivity index (χ1) is 12.2. The van der Waals surface area contributed by atoms with Crippen LogP contribution < -0.4 is 5.32 Å². The third-order valence-electron chi connectivity index (χ3n) is 3.47. The van der Waals surface area contributed by atoms with E-state index in [0.717, 1.165) is 10.9 Å². The third-order valence-corrected chi connectivity index (χ3v) is 4.64. The lowest BCUT2D eigenvalue weighted by Gasteiger charge is -1.92. The van der Waals surface area contributed by atoms with Crippen molar-refractivity contribution in [3.05, 3.63) is 70.6 Å². The number of carbonyl (C=O) groups is 1. The number of rotatable bonds is 1. The van der Waals surface area contributed by atoms with Crippen LogP contribution in [-0.4, -0.2) is 15.2 Å². The number of nitrogens with zero attached hydrogens (tertiary/aromatic N) is 1. The van der Waals surface area contributed by atoms with Gasteiger partial charge < -0.3 is 9.73 Å². The van der Waals surface area contributed by atoms with Gasteiger partial charge in [0.15, 0.2) is 5.58 Å². The predicted molar refractivity (Wildman–Crippen MR) is 103 cm³/mol. The van der Waals surface area contributed by atoms with Crippen LogP contribution in [0.5, 0.6) is 0 Å². The highest BCUT2D eigenvalue weighted by atomic mass is 32.2. The van der Waals surface area contributed by atoms with Gasteiger partial charge in [0.25, 0.3) is 5.91 Å². The van der Waals surface area contributed by atoms with Crippen LogP contribution in [0.3, 0.4) is 0 Å². The molecular formula is C19H10N2O2S2. The number of aromatic nitrogens is 1. The fourth-order valence-electron chi connectivity index (χ4n) is 2.35. The third kappa shape index (κ3) is 3.33. The molecule has 1 aliphatic heterocycles. The van der Waals surface area contributed by atoms with Gasteiger partial charge in [0.05, 0.1) is 10.5 Å². The molecule has 6 heteroatoms. The van der Waals surface area contributed by atoms with Crippen LogP contribution >= 0.6 is 24.0 Å². The zero-order valence-corrected chi connectivity index (χ0v) is 14.4. The van der Waals surface area contributed by atoms with Crippen molar-refractivity contribution in [3.63, 3.8) is 0 Å². The molecule has 0 aliphatic carbocycles. The number of thiocarbonyl (C=S) groups is 1. The molecule has 3 aromatic rings. The molecule has 0 saturated carbocycles. The van der Waals surface area contributed by atoms with Crippen molar-refractivity contribution in [2.75, 3.05) is 0 Å². The van der Waals surface area contributed by atoms with Gasteiger partial charge in [-0.1, -0.05) is 54.0 Å². The average Bonchev–Trinajstić information content (AvgIpc) is 3.16. The van der Waals surface area contributed by atoms with Gasteiger partial charge in [-0.3, -0.25) is 9.78 Å². The van der Waals surface area contributed by atoms with E-state index in [4.69, 9.17) is 16.6 Å². The number of nitrogens with one attached hydrogen (secondary N) is 1. The summed E-state index contributed by atoms with van der Waals surface area (Å²) < 4.78 is 6.33. The predicted octanol–water partition coefficient (Wildman–Crippen LogP) is 3.72. The molecule has 4 nitrogen and oxygen atoms in total. The Kier molecular flexibility index (Phi) is 4.10. The molecule has 0 spiro atoms. The Hall–Kier alpha value is -2.88. The zero-order chi connectivity index (χ0) is 17.2. The van der Waals surface area contributed by atoms with Crippen LogP contribution in [0.25, 0.3) is 17.0 Å². The maximum Gasteiger partial charge on any atom is 0.263 e. The zero-order valence-electron chi connectivity index (χ0n) is 12.8. The molecular weight excluding hydrogens is 352 g/mol. The lowest BCUT2D eigenvalue weighted by atomic mass is 10.2. The Bertz CT molecular complexity index is 1090. The molecule has 25 heavy (non-hydrogen) atoms. The molecule has 1 fully saturated rings. The summed E-state index contributed by atoms with van der Waals surface area (Å²) in [6.07, 6.45) is 5.06. The van der Waals surface area contributed by atoms with Crippen molar-refractivity contribution in [3.8, 4) is 11.8 Å². The number of hydrogen-bond acceptors (Lipinski definition) is 5. The summed E-state index contributed by atoms with van der Waals surface area (Å²) in [6, 6.07) is 11.5. The summed E-state index contributed by atoms with van der Waals surface area (Å²) in [5, 5.41) is 3.41. The maximum atomic E-state index is 11.8. The first-order valence-corrected chi connectivity index (χ1v) is 8.61. The van der Waals surface area contributed by atoms with Gasteiger partial charge in [-0.25, -0.2) is 0 Å². The fourth-order valence-corrected chi connectivity index (χ4v) is 3.38. The van der Waals surface area contributed by atoms with Gasteiger partial charge in [-0.2, -0.15) is 0 Å². The normalized spacial score (nSPS) is 15.3. The Morgan fingerprint density at radius 3 is 2.80 bits per heavy atom. The van der Waals surface area contributed by atoms with Crippen LogP contribution in [-0.2, 0) is 4.79 Å². The van der Waals surface area contributed by atoms with Gasteiger partial charge in [0.1, 0.15) is 10.1 Å². The number of hydrogen-bond donors (Lipinski definition) is 1. The summed E-state index contributed by atoms with van der Waals surface area (Å²) in [4.78, 5) is 16.5. The molecule has 2 aromatic heterocycles. The smallest absolute Gasteiger partial charge is 0.263 e. The number of amides is 1. The van der Waals surface area contributed by atoms with Crippen LogP contribution in [0, 0.1) is 11.8 Å². The summed E-state index contributed by atoms with van der Waals surface area (Å²) >= 11 is 6.21. The second-order valence-corrected chi connectivity index (χ2v) is 6.94. The maximum absolute atomic E-state index is 11.8. The number of thioether (sulfide) groups is 1.